The van der Waals surface area contributed by atoms with E-state index in [-0.39, 0.29) is 29.7 Å². The van der Waals surface area contributed by atoms with Gasteiger partial charge < -0.3 is 14.2 Å². The first kappa shape index (κ1) is 14.5. The van der Waals surface area contributed by atoms with Crippen molar-refractivity contribution in [3.05, 3.63) is 35.9 Å². The summed E-state index contributed by atoms with van der Waals surface area (Å²) in [6, 6.07) is 10.1. The zero-order valence-electron chi connectivity index (χ0n) is 12.6. The molecule has 0 N–H and O–H groups in total. The monoisotopic (exact) mass is 290 g/mol. The minimum atomic E-state index is -0.285. The molecule has 4 unspecified atom stereocenters. The second-order valence-electron chi connectivity index (χ2n) is 6.14. The van der Waals surface area contributed by atoms with Gasteiger partial charge in [0.1, 0.15) is 0 Å². The quantitative estimate of drug-likeness (QED) is 0.800. The van der Waals surface area contributed by atoms with Crippen LogP contribution < -0.4 is 0 Å². The maximum atomic E-state index is 11.8. The summed E-state index contributed by atoms with van der Waals surface area (Å²) in [6.45, 7) is 2.61. The van der Waals surface area contributed by atoms with E-state index in [0.717, 1.165) is 12.0 Å². The summed E-state index contributed by atoms with van der Waals surface area (Å²) in [5.41, 5.74) is 0.856. The van der Waals surface area contributed by atoms with E-state index in [1.165, 1.54) is 7.11 Å². The molecule has 4 atom stereocenters. The van der Waals surface area contributed by atoms with E-state index in [1.54, 1.807) is 0 Å². The zero-order chi connectivity index (χ0) is 14.9. The van der Waals surface area contributed by atoms with E-state index in [9.17, 15) is 4.79 Å². The number of hydrogen-bond acceptors (Lipinski definition) is 4. The Morgan fingerprint density at radius 2 is 2.05 bits per heavy atom. The molecule has 1 aliphatic heterocycles. The van der Waals surface area contributed by atoms with Gasteiger partial charge in [-0.1, -0.05) is 30.3 Å². The van der Waals surface area contributed by atoms with Gasteiger partial charge >= 0.3 is 5.97 Å². The SMILES string of the molecule is COC(=O)C1CC(OCc2ccccc2)C2(CC(C)O2)C1. The average molecular weight is 290 g/mol. The van der Waals surface area contributed by atoms with Crippen LogP contribution in [0.5, 0.6) is 0 Å². The highest BCUT2D eigenvalue weighted by Gasteiger charge is 2.57. The van der Waals surface area contributed by atoms with Crippen LogP contribution in [0.3, 0.4) is 0 Å². The second-order valence-corrected chi connectivity index (χ2v) is 6.14. The highest BCUT2D eigenvalue weighted by Crippen LogP contribution is 2.50. The fourth-order valence-electron chi connectivity index (χ4n) is 3.66. The third-order valence-electron chi connectivity index (χ3n) is 4.57. The number of methoxy groups -OCH3 is 1. The molecule has 2 aliphatic rings. The molecule has 2 fully saturated rings. The van der Waals surface area contributed by atoms with Crippen molar-refractivity contribution in [3.63, 3.8) is 0 Å². The van der Waals surface area contributed by atoms with Gasteiger partial charge in [0.15, 0.2) is 0 Å². The maximum Gasteiger partial charge on any atom is 0.308 e. The average Bonchev–Trinajstić information content (AvgIpc) is 2.85. The van der Waals surface area contributed by atoms with E-state index < -0.39 is 0 Å². The molecule has 1 aromatic rings. The van der Waals surface area contributed by atoms with Crippen molar-refractivity contribution in [1.29, 1.82) is 0 Å². The molecular weight excluding hydrogens is 268 g/mol. The fourth-order valence-corrected chi connectivity index (χ4v) is 3.66. The topological polar surface area (TPSA) is 44.8 Å². The van der Waals surface area contributed by atoms with E-state index in [2.05, 4.69) is 6.92 Å². The van der Waals surface area contributed by atoms with Crippen molar-refractivity contribution in [3.8, 4) is 0 Å². The summed E-state index contributed by atoms with van der Waals surface area (Å²) >= 11 is 0. The van der Waals surface area contributed by atoms with Crippen LogP contribution in [-0.2, 0) is 25.6 Å². The van der Waals surface area contributed by atoms with Crippen molar-refractivity contribution >= 4 is 5.97 Å². The van der Waals surface area contributed by atoms with Crippen molar-refractivity contribution in [2.24, 2.45) is 5.92 Å². The summed E-state index contributed by atoms with van der Waals surface area (Å²) in [5.74, 6) is -0.258. The molecule has 1 heterocycles. The van der Waals surface area contributed by atoms with Gasteiger partial charge in [0.2, 0.25) is 0 Å². The van der Waals surface area contributed by atoms with Crippen LogP contribution in [0.2, 0.25) is 0 Å². The number of benzene rings is 1. The molecule has 3 rings (SSSR count). The summed E-state index contributed by atoms with van der Waals surface area (Å²) in [5, 5.41) is 0. The Kier molecular flexibility index (Phi) is 4.00. The highest BCUT2D eigenvalue weighted by molar-refractivity contribution is 5.73. The number of rotatable bonds is 4. The number of esters is 1. The summed E-state index contributed by atoms with van der Waals surface area (Å²) in [7, 11) is 1.44. The van der Waals surface area contributed by atoms with Crippen molar-refractivity contribution in [1.82, 2.24) is 0 Å². The first-order valence-corrected chi connectivity index (χ1v) is 7.54. The normalized spacial score (nSPS) is 34.7. The van der Waals surface area contributed by atoms with Gasteiger partial charge in [0.05, 0.1) is 37.4 Å². The molecule has 0 radical (unpaired) electrons. The molecule has 114 valence electrons. The van der Waals surface area contributed by atoms with Crippen molar-refractivity contribution < 1.29 is 19.0 Å². The van der Waals surface area contributed by atoms with Crippen LogP contribution in [0.4, 0.5) is 0 Å². The van der Waals surface area contributed by atoms with Crippen LogP contribution in [0.25, 0.3) is 0 Å². The molecule has 21 heavy (non-hydrogen) atoms. The Labute approximate surface area is 125 Å². The summed E-state index contributed by atoms with van der Waals surface area (Å²) < 4.78 is 17.0. The maximum absolute atomic E-state index is 11.8. The fraction of sp³-hybridized carbons (Fsp3) is 0.588. The van der Waals surface area contributed by atoms with Gasteiger partial charge in [-0.05, 0) is 25.3 Å². The Hall–Kier alpha value is -1.39. The van der Waals surface area contributed by atoms with E-state index in [0.29, 0.717) is 19.4 Å². The molecule has 1 saturated carbocycles. The molecule has 4 nitrogen and oxygen atoms in total. The van der Waals surface area contributed by atoms with E-state index >= 15 is 0 Å². The minimum absolute atomic E-state index is 0.0296. The van der Waals surface area contributed by atoms with E-state index in [1.807, 2.05) is 30.3 Å². The predicted octanol–water partition coefficient (Wildman–Crippen LogP) is 2.70. The second kappa shape index (κ2) is 5.78. The molecule has 0 bridgehead atoms. The molecule has 1 aliphatic carbocycles. The number of ether oxygens (including phenoxy) is 3. The van der Waals surface area contributed by atoms with Gasteiger partial charge in [0.25, 0.3) is 0 Å². The van der Waals surface area contributed by atoms with Gasteiger partial charge in [-0.25, -0.2) is 0 Å². The zero-order valence-corrected chi connectivity index (χ0v) is 12.6. The van der Waals surface area contributed by atoms with Gasteiger partial charge in [0, 0.05) is 6.42 Å². The van der Waals surface area contributed by atoms with Crippen molar-refractivity contribution in [2.45, 2.75) is 50.6 Å². The smallest absolute Gasteiger partial charge is 0.308 e. The molecule has 4 heteroatoms. The van der Waals surface area contributed by atoms with Crippen molar-refractivity contribution in [2.75, 3.05) is 7.11 Å². The largest absolute Gasteiger partial charge is 0.469 e. The molecule has 1 aromatic carbocycles. The molecule has 1 spiro atoms. The number of carbonyl (C=O) groups is 1. The Morgan fingerprint density at radius 3 is 2.67 bits per heavy atom. The van der Waals surface area contributed by atoms with E-state index in [4.69, 9.17) is 14.2 Å². The number of carbonyl (C=O) groups excluding carboxylic acids is 1. The Balaban J connectivity index is 1.66. The predicted molar refractivity (Wildman–Crippen MR) is 77.7 cm³/mol. The van der Waals surface area contributed by atoms with Crippen LogP contribution in [-0.4, -0.2) is 30.9 Å². The number of hydrogen-bond donors (Lipinski definition) is 0. The van der Waals surface area contributed by atoms with Crippen LogP contribution in [0, 0.1) is 5.92 Å². The Morgan fingerprint density at radius 1 is 1.33 bits per heavy atom. The first-order chi connectivity index (χ1) is 10.1. The van der Waals surface area contributed by atoms with Gasteiger partial charge in [-0.2, -0.15) is 0 Å². The lowest BCUT2D eigenvalue weighted by atomic mass is 9.85. The highest BCUT2D eigenvalue weighted by atomic mass is 16.6. The molecular formula is C17H22O4. The summed E-state index contributed by atoms with van der Waals surface area (Å²) in [6.07, 6.45) is 2.58. The van der Waals surface area contributed by atoms with Crippen LogP contribution in [0.1, 0.15) is 31.7 Å². The van der Waals surface area contributed by atoms with Gasteiger partial charge in [-0.15, -0.1) is 0 Å². The third-order valence-corrected chi connectivity index (χ3v) is 4.57. The molecule has 0 amide bonds. The lowest BCUT2D eigenvalue weighted by Crippen LogP contribution is -2.55. The lowest BCUT2D eigenvalue weighted by Gasteiger charge is -2.47. The molecule has 1 saturated heterocycles. The van der Waals surface area contributed by atoms with Crippen LogP contribution >= 0.6 is 0 Å². The van der Waals surface area contributed by atoms with Crippen LogP contribution in [0.15, 0.2) is 30.3 Å². The Bertz CT molecular complexity index is 493. The summed E-state index contributed by atoms with van der Waals surface area (Å²) in [4.78, 5) is 11.8. The third kappa shape index (κ3) is 2.83. The molecule has 0 aromatic heterocycles. The minimum Gasteiger partial charge on any atom is -0.469 e. The first-order valence-electron chi connectivity index (χ1n) is 7.54. The standard InChI is InChI=1S/C17H22O4/c1-12-9-17(21-12)10-14(16(18)19-2)8-15(17)20-11-13-6-4-3-5-7-13/h3-7,12,14-15H,8-11H2,1-2H3. The van der Waals surface area contributed by atoms with Gasteiger partial charge in [-0.3, -0.25) is 4.79 Å². The lowest BCUT2D eigenvalue weighted by molar-refractivity contribution is -0.244.